The minimum absolute atomic E-state index is 0.497. The summed E-state index contributed by atoms with van der Waals surface area (Å²) < 4.78 is 1.23. The Bertz CT molecular complexity index is 408. The molecule has 2 heterocycles. The Morgan fingerprint density at radius 3 is 3.17 bits per heavy atom. The maximum absolute atomic E-state index is 5.76. The van der Waals surface area contributed by atoms with Crippen molar-refractivity contribution in [2.45, 2.75) is 12.8 Å². The Labute approximate surface area is 80.0 Å². The van der Waals surface area contributed by atoms with E-state index in [-0.39, 0.29) is 0 Å². The monoisotopic (exact) mass is 197 g/mol. The van der Waals surface area contributed by atoms with Gasteiger partial charge in [-0.2, -0.15) is 0 Å². The second-order valence-corrected chi connectivity index (χ2v) is 3.83. The summed E-state index contributed by atoms with van der Waals surface area (Å²) in [6, 6.07) is 2.04. The highest BCUT2D eigenvalue weighted by Crippen LogP contribution is 2.27. The average Bonchev–Trinajstić information content (AvgIpc) is 2.48. The molecule has 0 bridgehead atoms. The molecule has 0 saturated heterocycles. The zero-order valence-electron chi connectivity index (χ0n) is 6.67. The van der Waals surface area contributed by atoms with E-state index in [0.717, 1.165) is 5.69 Å². The lowest BCUT2D eigenvalue weighted by atomic mass is 10.2. The molecule has 2 rings (SSSR count). The first-order chi connectivity index (χ1) is 5.83. The maximum Gasteiger partial charge on any atom is 0.0729 e. The second kappa shape index (κ2) is 3.04. The van der Waals surface area contributed by atoms with Gasteiger partial charge in [0.1, 0.15) is 0 Å². The minimum atomic E-state index is 0.497. The molecule has 0 atom stereocenters. The van der Waals surface area contributed by atoms with Crippen LogP contribution in [0.4, 0.5) is 0 Å². The van der Waals surface area contributed by atoms with Crippen LogP contribution in [0.1, 0.15) is 11.3 Å². The molecule has 2 aromatic heterocycles. The number of nitrogens with zero attached hydrogens (tertiary/aromatic N) is 1. The molecule has 2 aromatic rings. The molecule has 0 aliphatic heterocycles. The van der Waals surface area contributed by atoms with Crippen LogP contribution in [0.25, 0.3) is 10.1 Å². The van der Waals surface area contributed by atoms with Gasteiger partial charge < -0.3 is 0 Å². The van der Waals surface area contributed by atoms with Crippen LogP contribution < -0.4 is 0 Å². The lowest BCUT2D eigenvalue weighted by molar-refractivity contribution is 1.21. The molecule has 12 heavy (non-hydrogen) atoms. The number of pyridine rings is 1. The van der Waals surface area contributed by atoms with E-state index in [2.05, 4.69) is 17.3 Å². The number of halogens is 1. The number of hydrogen-bond donors (Lipinski definition) is 0. The minimum Gasteiger partial charge on any atom is -0.259 e. The van der Waals surface area contributed by atoms with Crippen LogP contribution in [-0.2, 0) is 5.88 Å². The predicted octanol–water partition coefficient (Wildman–Crippen LogP) is 3.34. The van der Waals surface area contributed by atoms with E-state index < -0.39 is 0 Å². The lowest BCUT2D eigenvalue weighted by Crippen LogP contribution is -1.83. The Balaban J connectivity index is 2.81. The summed E-state index contributed by atoms with van der Waals surface area (Å²) in [5.74, 6) is 0.497. The fourth-order valence-electron chi connectivity index (χ4n) is 1.24. The molecule has 0 unspecified atom stereocenters. The number of fused-ring (bicyclic) bond motifs is 1. The summed E-state index contributed by atoms with van der Waals surface area (Å²) in [6.45, 7) is 2.11. The fourth-order valence-corrected chi connectivity index (χ4v) is 2.56. The molecule has 62 valence electrons. The van der Waals surface area contributed by atoms with E-state index in [1.807, 2.05) is 12.3 Å². The van der Waals surface area contributed by atoms with Crippen molar-refractivity contribution in [2.24, 2.45) is 0 Å². The molecule has 0 aromatic carbocycles. The van der Waals surface area contributed by atoms with Crippen LogP contribution >= 0.6 is 22.9 Å². The van der Waals surface area contributed by atoms with Gasteiger partial charge in [0.25, 0.3) is 0 Å². The predicted molar refractivity (Wildman–Crippen MR) is 53.9 cm³/mol. The maximum atomic E-state index is 5.76. The lowest BCUT2D eigenvalue weighted by Gasteiger charge is -1.95. The summed E-state index contributed by atoms with van der Waals surface area (Å²) in [4.78, 5) is 4.22. The van der Waals surface area contributed by atoms with Gasteiger partial charge in [0.2, 0.25) is 0 Å². The van der Waals surface area contributed by atoms with Crippen molar-refractivity contribution in [3.8, 4) is 0 Å². The van der Waals surface area contributed by atoms with Crippen LogP contribution in [0.3, 0.4) is 0 Å². The van der Waals surface area contributed by atoms with Crippen molar-refractivity contribution >= 4 is 33.0 Å². The van der Waals surface area contributed by atoms with Gasteiger partial charge in [-0.25, -0.2) is 0 Å². The summed E-state index contributed by atoms with van der Waals surface area (Å²) in [5.41, 5.74) is 2.30. The molecular weight excluding hydrogens is 190 g/mol. The van der Waals surface area contributed by atoms with Crippen molar-refractivity contribution in [3.05, 3.63) is 28.9 Å². The molecule has 1 nitrogen and oxygen atoms in total. The SMILES string of the molecule is Cc1csc2c(CCl)nccc12. The van der Waals surface area contributed by atoms with Gasteiger partial charge in [-0.3, -0.25) is 4.98 Å². The third-order valence-corrected chi connectivity index (χ3v) is 3.30. The molecule has 0 radical (unpaired) electrons. The average molecular weight is 198 g/mol. The highest BCUT2D eigenvalue weighted by atomic mass is 35.5. The Morgan fingerprint density at radius 2 is 2.42 bits per heavy atom. The van der Waals surface area contributed by atoms with Crippen molar-refractivity contribution < 1.29 is 0 Å². The first kappa shape index (κ1) is 8.02. The van der Waals surface area contributed by atoms with Crippen molar-refractivity contribution in [1.82, 2.24) is 4.98 Å². The molecule has 0 spiro atoms. The zero-order valence-corrected chi connectivity index (χ0v) is 8.25. The van der Waals surface area contributed by atoms with E-state index in [9.17, 15) is 0 Å². The summed E-state index contributed by atoms with van der Waals surface area (Å²) in [6.07, 6.45) is 1.82. The Morgan fingerprint density at radius 1 is 1.58 bits per heavy atom. The zero-order chi connectivity index (χ0) is 8.55. The first-order valence-corrected chi connectivity index (χ1v) is 5.12. The number of hydrogen-bond acceptors (Lipinski definition) is 2. The molecule has 0 aliphatic carbocycles. The van der Waals surface area contributed by atoms with Crippen molar-refractivity contribution in [1.29, 1.82) is 0 Å². The van der Waals surface area contributed by atoms with Crippen LogP contribution in [0.5, 0.6) is 0 Å². The van der Waals surface area contributed by atoms with Crippen molar-refractivity contribution in [3.63, 3.8) is 0 Å². The molecule has 0 fully saturated rings. The first-order valence-electron chi connectivity index (χ1n) is 3.70. The molecule has 3 heteroatoms. The van der Waals surface area contributed by atoms with Crippen LogP contribution in [0, 0.1) is 6.92 Å². The number of aromatic nitrogens is 1. The van der Waals surface area contributed by atoms with E-state index in [0.29, 0.717) is 5.88 Å². The quantitative estimate of drug-likeness (QED) is 0.639. The summed E-state index contributed by atoms with van der Waals surface area (Å²) >= 11 is 7.48. The van der Waals surface area contributed by atoms with Crippen molar-refractivity contribution in [2.75, 3.05) is 0 Å². The van der Waals surface area contributed by atoms with Gasteiger partial charge in [0, 0.05) is 6.20 Å². The smallest absolute Gasteiger partial charge is 0.0729 e. The third kappa shape index (κ3) is 1.11. The largest absolute Gasteiger partial charge is 0.259 e. The van der Waals surface area contributed by atoms with E-state index in [1.54, 1.807) is 11.3 Å². The number of rotatable bonds is 1. The molecule has 0 saturated carbocycles. The van der Waals surface area contributed by atoms with Gasteiger partial charge in [-0.05, 0) is 29.3 Å². The molecule has 0 amide bonds. The van der Waals surface area contributed by atoms with Crippen LogP contribution in [-0.4, -0.2) is 4.98 Å². The highest BCUT2D eigenvalue weighted by molar-refractivity contribution is 7.17. The van der Waals surface area contributed by atoms with Gasteiger partial charge in [-0.15, -0.1) is 22.9 Å². The molecular formula is C9H8ClNS. The summed E-state index contributed by atoms with van der Waals surface area (Å²) in [5, 5.41) is 3.42. The third-order valence-electron chi connectivity index (χ3n) is 1.88. The number of alkyl halides is 1. The second-order valence-electron chi connectivity index (χ2n) is 2.69. The Kier molecular flexibility index (Phi) is 2.03. The summed E-state index contributed by atoms with van der Waals surface area (Å²) in [7, 11) is 0. The van der Waals surface area contributed by atoms with Gasteiger partial charge in [0.15, 0.2) is 0 Å². The standard InChI is InChI=1S/C9H8ClNS/c1-6-5-12-9-7(6)2-3-11-8(9)4-10/h2-3,5H,4H2,1H3. The van der Waals surface area contributed by atoms with Crippen LogP contribution in [0.15, 0.2) is 17.6 Å². The highest BCUT2D eigenvalue weighted by Gasteiger charge is 2.04. The van der Waals surface area contributed by atoms with E-state index in [1.165, 1.54) is 15.6 Å². The molecule has 0 aliphatic rings. The van der Waals surface area contributed by atoms with Gasteiger partial charge in [0.05, 0.1) is 16.3 Å². The van der Waals surface area contributed by atoms with Gasteiger partial charge in [-0.1, -0.05) is 0 Å². The van der Waals surface area contributed by atoms with Gasteiger partial charge >= 0.3 is 0 Å². The van der Waals surface area contributed by atoms with Crippen LogP contribution in [0.2, 0.25) is 0 Å². The fraction of sp³-hybridized carbons (Fsp3) is 0.222. The molecule has 0 N–H and O–H groups in total. The normalized spacial score (nSPS) is 10.8. The number of thiophene rings is 1. The topological polar surface area (TPSA) is 12.9 Å². The number of aryl methyl sites for hydroxylation is 1. The van der Waals surface area contributed by atoms with E-state index >= 15 is 0 Å². The van der Waals surface area contributed by atoms with E-state index in [4.69, 9.17) is 11.6 Å². The Hall–Kier alpha value is -0.600.